The molecule has 1 aliphatic rings. The first-order chi connectivity index (χ1) is 7.13. The Morgan fingerprint density at radius 2 is 2.27 bits per heavy atom. The fourth-order valence-electron chi connectivity index (χ4n) is 2.12. The lowest BCUT2D eigenvalue weighted by atomic mass is 9.98. The molecular formula is C11H20ClNO2. The minimum Gasteiger partial charge on any atom is -0.480 e. The molecule has 88 valence electrons. The van der Waals surface area contributed by atoms with Crippen LogP contribution in [0.5, 0.6) is 0 Å². The molecule has 0 amide bonds. The minimum absolute atomic E-state index is 0.479. The number of aliphatic carboxylic acids is 1. The van der Waals surface area contributed by atoms with Gasteiger partial charge in [-0.3, -0.25) is 4.79 Å². The van der Waals surface area contributed by atoms with E-state index in [2.05, 4.69) is 11.8 Å². The van der Waals surface area contributed by atoms with E-state index >= 15 is 0 Å². The maximum absolute atomic E-state index is 10.6. The lowest BCUT2D eigenvalue weighted by Gasteiger charge is -2.21. The Bertz CT molecular complexity index is 211. The van der Waals surface area contributed by atoms with E-state index in [1.165, 1.54) is 25.7 Å². The van der Waals surface area contributed by atoms with Crippen molar-refractivity contribution in [1.29, 1.82) is 0 Å². The normalized spacial score (nSPS) is 25.9. The third-order valence-electron chi connectivity index (χ3n) is 3.20. The van der Waals surface area contributed by atoms with E-state index < -0.39 is 11.3 Å². The maximum Gasteiger partial charge on any atom is 0.322 e. The van der Waals surface area contributed by atoms with E-state index in [4.69, 9.17) is 16.7 Å². The highest BCUT2D eigenvalue weighted by atomic mass is 35.5. The number of hydrogen-bond acceptors (Lipinski definition) is 2. The molecule has 2 atom stereocenters. The summed E-state index contributed by atoms with van der Waals surface area (Å²) in [6.07, 6.45) is 4.85. The number of halogens is 1. The van der Waals surface area contributed by atoms with Crippen LogP contribution in [-0.4, -0.2) is 41.0 Å². The van der Waals surface area contributed by atoms with E-state index in [1.807, 2.05) is 0 Å². The number of nitrogens with zero attached hydrogens (tertiary/aromatic N) is 1. The van der Waals surface area contributed by atoms with Gasteiger partial charge in [0.25, 0.3) is 0 Å². The Morgan fingerprint density at radius 3 is 2.87 bits per heavy atom. The van der Waals surface area contributed by atoms with Gasteiger partial charge in [-0.05, 0) is 38.3 Å². The molecule has 0 aromatic carbocycles. The summed E-state index contributed by atoms with van der Waals surface area (Å²) < 4.78 is 0. The van der Waals surface area contributed by atoms with Crippen LogP contribution in [0.1, 0.15) is 32.6 Å². The van der Waals surface area contributed by atoms with E-state index in [1.54, 1.807) is 0 Å². The lowest BCUT2D eigenvalue weighted by molar-refractivity contribution is -0.136. The first-order valence-corrected chi connectivity index (χ1v) is 6.16. The Labute approximate surface area is 96.4 Å². The van der Waals surface area contributed by atoms with E-state index in [-0.39, 0.29) is 0 Å². The maximum atomic E-state index is 10.6. The van der Waals surface area contributed by atoms with Gasteiger partial charge in [0.15, 0.2) is 0 Å². The molecule has 0 bridgehead atoms. The van der Waals surface area contributed by atoms with Crippen LogP contribution < -0.4 is 0 Å². The Hall–Kier alpha value is -0.280. The largest absolute Gasteiger partial charge is 0.480 e. The molecule has 0 radical (unpaired) electrons. The van der Waals surface area contributed by atoms with Crippen LogP contribution in [0.25, 0.3) is 0 Å². The van der Waals surface area contributed by atoms with Crippen LogP contribution >= 0.6 is 11.6 Å². The van der Waals surface area contributed by atoms with Crippen molar-refractivity contribution in [1.82, 2.24) is 4.90 Å². The fourth-order valence-corrected chi connectivity index (χ4v) is 2.32. The van der Waals surface area contributed by atoms with Crippen LogP contribution in [0.2, 0.25) is 0 Å². The molecule has 1 rings (SSSR count). The van der Waals surface area contributed by atoms with Gasteiger partial charge < -0.3 is 10.0 Å². The van der Waals surface area contributed by atoms with Gasteiger partial charge >= 0.3 is 5.97 Å². The number of likely N-dealkylation sites (tertiary alicyclic amines) is 1. The Morgan fingerprint density at radius 1 is 1.53 bits per heavy atom. The molecule has 0 saturated carbocycles. The highest BCUT2D eigenvalue weighted by Gasteiger charge is 2.21. The van der Waals surface area contributed by atoms with Gasteiger partial charge in [-0.15, -0.1) is 11.6 Å². The molecule has 3 nitrogen and oxygen atoms in total. The van der Waals surface area contributed by atoms with Crippen molar-refractivity contribution in [3.8, 4) is 0 Å². The summed E-state index contributed by atoms with van der Waals surface area (Å²) in [6.45, 7) is 4.69. The van der Waals surface area contributed by atoms with Gasteiger partial charge in [0.1, 0.15) is 5.38 Å². The van der Waals surface area contributed by atoms with E-state index in [0.717, 1.165) is 19.0 Å². The zero-order valence-electron chi connectivity index (χ0n) is 9.29. The molecule has 0 aromatic rings. The summed E-state index contributed by atoms with van der Waals surface area (Å²) >= 11 is 5.73. The fraction of sp³-hybridized carbons (Fsp3) is 0.909. The second kappa shape index (κ2) is 6.33. The summed E-state index contributed by atoms with van der Waals surface area (Å²) in [6, 6.07) is 0. The third-order valence-corrected chi connectivity index (χ3v) is 3.53. The molecule has 0 spiro atoms. The summed E-state index contributed by atoms with van der Waals surface area (Å²) in [5, 5.41) is 7.96. The van der Waals surface area contributed by atoms with Gasteiger partial charge in [0.2, 0.25) is 0 Å². The van der Waals surface area contributed by atoms with Gasteiger partial charge in [-0.2, -0.15) is 0 Å². The zero-order valence-corrected chi connectivity index (χ0v) is 10.0. The summed E-state index contributed by atoms with van der Waals surface area (Å²) in [4.78, 5) is 12.8. The van der Waals surface area contributed by atoms with Gasteiger partial charge in [-0.25, -0.2) is 0 Å². The SMILES string of the molecule is CCC1CCCN(CC(Cl)C(=O)O)CC1. The third kappa shape index (κ3) is 4.39. The highest BCUT2D eigenvalue weighted by molar-refractivity contribution is 6.29. The Kier molecular flexibility index (Phi) is 5.40. The lowest BCUT2D eigenvalue weighted by Crippen LogP contribution is -2.34. The molecule has 2 unspecified atom stereocenters. The highest BCUT2D eigenvalue weighted by Crippen LogP contribution is 2.20. The van der Waals surface area contributed by atoms with Crippen molar-refractivity contribution in [2.45, 2.75) is 38.0 Å². The van der Waals surface area contributed by atoms with Crippen LogP contribution in [0.15, 0.2) is 0 Å². The van der Waals surface area contributed by atoms with Crippen LogP contribution in [0.3, 0.4) is 0 Å². The molecule has 4 heteroatoms. The molecule has 15 heavy (non-hydrogen) atoms. The summed E-state index contributed by atoms with van der Waals surface area (Å²) in [5.74, 6) is -0.0958. The smallest absolute Gasteiger partial charge is 0.322 e. The first kappa shape index (κ1) is 12.8. The zero-order chi connectivity index (χ0) is 11.3. The first-order valence-electron chi connectivity index (χ1n) is 5.72. The van der Waals surface area contributed by atoms with Crippen LogP contribution in [0, 0.1) is 5.92 Å². The molecule has 1 saturated heterocycles. The van der Waals surface area contributed by atoms with Crippen LogP contribution in [-0.2, 0) is 4.79 Å². The van der Waals surface area contributed by atoms with Gasteiger partial charge in [0, 0.05) is 6.54 Å². The molecule has 1 heterocycles. The second-order valence-corrected chi connectivity index (χ2v) is 4.84. The van der Waals surface area contributed by atoms with Crippen molar-refractivity contribution in [3.63, 3.8) is 0 Å². The van der Waals surface area contributed by atoms with Crippen LogP contribution in [0.4, 0.5) is 0 Å². The molecule has 0 aromatic heterocycles. The van der Waals surface area contributed by atoms with Crippen molar-refractivity contribution in [3.05, 3.63) is 0 Å². The average molecular weight is 234 g/mol. The van der Waals surface area contributed by atoms with E-state index in [9.17, 15) is 4.79 Å². The minimum atomic E-state index is -0.909. The predicted octanol–water partition coefficient (Wildman–Crippen LogP) is 2.19. The monoisotopic (exact) mass is 233 g/mol. The van der Waals surface area contributed by atoms with Crippen molar-refractivity contribution >= 4 is 17.6 Å². The molecule has 1 aliphatic heterocycles. The van der Waals surface area contributed by atoms with Gasteiger partial charge in [-0.1, -0.05) is 13.3 Å². The second-order valence-electron chi connectivity index (χ2n) is 4.31. The Balaban J connectivity index is 2.34. The molecule has 1 fully saturated rings. The molecule has 0 aliphatic carbocycles. The number of carbonyl (C=O) groups is 1. The van der Waals surface area contributed by atoms with E-state index in [0.29, 0.717) is 6.54 Å². The van der Waals surface area contributed by atoms with Crippen molar-refractivity contribution in [2.75, 3.05) is 19.6 Å². The van der Waals surface area contributed by atoms with Crippen molar-refractivity contribution < 1.29 is 9.90 Å². The molecule has 1 N–H and O–H groups in total. The number of carboxylic acid groups (broad SMARTS) is 1. The number of alkyl halides is 1. The topological polar surface area (TPSA) is 40.5 Å². The number of hydrogen-bond donors (Lipinski definition) is 1. The predicted molar refractivity (Wildman–Crippen MR) is 61.3 cm³/mol. The molecular weight excluding hydrogens is 214 g/mol. The average Bonchev–Trinajstić information content (AvgIpc) is 2.43. The number of carboxylic acids is 1. The summed E-state index contributed by atoms with van der Waals surface area (Å²) in [7, 11) is 0. The van der Waals surface area contributed by atoms with Gasteiger partial charge in [0.05, 0.1) is 0 Å². The quantitative estimate of drug-likeness (QED) is 0.757. The van der Waals surface area contributed by atoms with Crippen molar-refractivity contribution in [2.24, 2.45) is 5.92 Å². The standard InChI is InChI=1S/C11H20ClNO2/c1-2-9-4-3-6-13(7-5-9)8-10(12)11(14)15/h9-10H,2-8H2,1H3,(H,14,15). The number of rotatable bonds is 4. The summed E-state index contributed by atoms with van der Waals surface area (Å²) in [5.41, 5.74) is 0.